The number of anilines is 4. The van der Waals surface area contributed by atoms with Crippen molar-refractivity contribution in [2.75, 3.05) is 48.8 Å². The molecule has 0 aliphatic carbocycles. The standard InChI is InChI=1S/C26H28N8O/c1-3-24(35)29-22-6-4-5-19(15-22)18-34-25-20(17-28-34)16-27-26(31-25)30-21-7-9-23(10-8-21)33-13-11-32(2)12-14-33/h3-10,15-17H,1,11-14,18H2,2H3,(H,29,35)(H,27,30,31). The predicted molar refractivity (Wildman–Crippen MR) is 139 cm³/mol. The van der Waals surface area contributed by atoms with Crippen LogP contribution in [-0.4, -0.2) is 63.8 Å². The van der Waals surface area contributed by atoms with E-state index in [0.717, 1.165) is 48.5 Å². The van der Waals surface area contributed by atoms with Gasteiger partial charge in [-0.25, -0.2) is 9.67 Å². The van der Waals surface area contributed by atoms with Crippen LogP contribution in [0.3, 0.4) is 0 Å². The molecule has 2 aromatic heterocycles. The first-order chi connectivity index (χ1) is 17.1. The number of likely N-dealkylation sites (N-methyl/N-ethyl adjacent to an activating group) is 1. The Labute approximate surface area is 204 Å². The lowest BCUT2D eigenvalue weighted by Crippen LogP contribution is -2.44. The van der Waals surface area contributed by atoms with Gasteiger partial charge in [-0.3, -0.25) is 4.79 Å². The molecule has 0 unspecified atom stereocenters. The van der Waals surface area contributed by atoms with Crippen LogP contribution >= 0.6 is 0 Å². The molecule has 1 aliphatic heterocycles. The SMILES string of the molecule is C=CC(=O)Nc1cccc(Cn2ncc3cnc(Nc4ccc(N5CCN(C)CC5)cc4)nc32)c1. The molecular weight excluding hydrogens is 440 g/mol. The summed E-state index contributed by atoms with van der Waals surface area (Å²) in [5, 5.41) is 11.4. The van der Waals surface area contributed by atoms with Crippen LogP contribution in [-0.2, 0) is 11.3 Å². The fraction of sp³-hybridized carbons (Fsp3) is 0.231. The van der Waals surface area contributed by atoms with Gasteiger partial charge in [0, 0.05) is 49.4 Å². The number of rotatable bonds is 7. The van der Waals surface area contributed by atoms with Crippen molar-refractivity contribution in [2.45, 2.75) is 6.54 Å². The number of fused-ring (bicyclic) bond motifs is 1. The maximum absolute atomic E-state index is 11.6. The molecule has 9 nitrogen and oxygen atoms in total. The van der Waals surface area contributed by atoms with Crippen LogP contribution in [0.25, 0.3) is 11.0 Å². The molecule has 2 N–H and O–H groups in total. The predicted octanol–water partition coefficient (Wildman–Crippen LogP) is 3.49. The van der Waals surface area contributed by atoms with E-state index in [1.54, 1.807) is 12.4 Å². The fourth-order valence-electron chi connectivity index (χ4n) is 4.11. The van der Waals surface area contributed by atoms with E-state index >= 15 is 0 Å². The highest BCUT2D eigenvalue weighted by molar-refractivity contribution is 5.98. The average molecular weight is 469 g/mol. The van der Waals surface area contributed by atoms with Crippen LogP contribution < -0.4 is 15.5 Å². The van der Waals surface area contributed by atoms with Crippen LogP contribution in [0, 0.1) is 0 Å². The van der Waals surface area contributed by atoms with Crippen LogP contribution in [0.1, 0.15) is 5.56 Å². The number of carbonyl (C=O) groups is 1. The van der Waals surface area contributed by atoms with Crippen molar-refractivity contribution in [1.29, 1.82) is 0 Å². The molecule has 1 amide bonds. The van der Waals surface area contributed by atoms with E-state index < -0.39 is 0 Å². The molecule has 2 aromatic carbocycles. The Morgan fingerprint density at radius 2 is 1.86 bits per heavy atom. The largest absolute Gasteiger partial charge is 0.369 e. The Morgan fingerprint density at radius 3 is 2.63 bits per heavy atom. The van der Waals surface area contributed by atoms with Gasteiger partial charge in [0.1, 0.15) is 0 Å². The molecule has 0 spiro atoms. The van der Waals surface area contributed by atoms with Gasteiger partial charge in [0.25, 0.3) is 0 Å². The number of nitrogens with zero attached hydrogens (tertiary/aromatic N) is 6. The number of amides is 1. The van der Waals surface area contributed by atoms with Crippen LogP contribution in [0.5, 0.6) is 0 Å². The number of hydrogen-bond donors (Lipinski definition) is 2. The molecule has 178 valence electrons. The summed E-state index contributed by atoms with van der Waals surface area (Å²) in [7, 11) is 2.16. The number of hydrogen-bond acceptors (Lipinski definition) is 7. The minimum absolute atomic E-state index is 0.244. The van der Waals surface area contributed by atoms with E-state index in [-0.39, 0.29) is 5.91 Å². The van der Waals surface area contributed by atoms with E-state index in [1.165, 1.54) is 11.8 Å². The van der Waals surface area contributed by atoms with Gasteiger partial charge < -0.3 is 20.4 Å². The third kappa shape index (κ3) is 5.30. The molecule has 4 aromatic rings. The molecular formula is C26H28N8O. The maximum Gasteiger partial charge on any atom is 0.247 e. The van der Waals surface area contributed by atoms with Crippen LogP contribution in [0.2, 0.25) is 0 Å². The van der Waals surface area contributed by atoms with E-state index in [0.29, 0.717) is 18.2 Å². The Balaban J connectivity index is 1.30. The zero-order valence-corrected chi connectivity index (χ0v) is 19.7. The van der Waals surface area contributed by atoms with Gasteiger partial charge in [-0.15, -0.1) is 0 Å². The topological polar surface area (TPSA) is 91.2 Å². The Bertz CT molecular complexity index is 1340. The molecule has 3 heterocycles. The van der Waals surface area contributed by atoms with E-state index in [9.17, 15) is 4.79 Å². The lowest BCUT2D eigenvalue weighted by Gasteiger charge is -2.34. The van der Waals surface area contributed by atoms with Crippen LogP contribution in [0.15, 0.2) is 73.6 Å². The second-order valence-corrected chi connectivity index (χ2v) is 8.63. The second-order valence-electron chi connectivity index (χ2n) is 8.63. The average Bonchev–Trinajstić information content (AvgIpc) is 3.27. The summed E-state index contributed by atoms with van der Waals surface area (Å²) in [4.78, 5) is 25.5. The summed E-state index contributed by atoms with van der Waals surface area (Å²) >= 11 is 0. The maximum atomic E-state index is 11.6. The molecule has 9 heteroatoms. The lowest BCUT2D eigenvalue weighted by molar-refractivity contribution is -0.111. The van der Waals surface area contributed by atoms with E-state index in [1.807, 2.05) is 28.9 Å². The molecule has 0 saturated carbocycles. The van der Waals surface area contributed by atoms with Gasteiger partial charge in [0.15, 0.2) is 5.65 Å². The molecule has 5 rings (SSSR count). The normalized spacial score (nSPS) is 14.1. The highest BCUT2D eigenvalue weighted by Crippen LogP contribution is 2.22. The van der Waals surface area contributed by atoms with Gasteiger partial charge in [0.05, 0.1) is 18.1 Å². The Kier molecular flexibility index (Phi) is 6.40. The highest BCUT2D eigenvalue weighted by Gasteiger charge is 2.14. The van der Waals surface area contributed by atoms with Crippen LogP contribution in [0.4, 0.5) is 23.0 Å². The first-order valence-corrected chi connectivity index (χ1v) is 11.6. The summed E-state index contributed by atoms with van der Waals surface area (Å²) in [5.74, 6) is 0.269. The van der Waals surface area contributed by atoms with E-state index in [4.69, 9.17) is 4.98 Å². The number of nitrogens with one attached hydrogen (secondary N) is 2. The smallest absolute Gasteiger partial charge is 0.247 e. The number of benzene rings is 2. The summed E-state index contributed by atoms with van der Waals surface area (Å²) < 4.78 is 1.83. The van der Waals surface area contributed by atoms with Crippen molar-refractivity contribution in [1.82, 2.24) is 24.6 Å². The zero-order valence-electron chi connectivity index (χ0n) is 19.7. The number of aromatic nitrogens is 4. The first kappa shape index (κ1) is 22.5. The molecule has 1 aliphatic rings. The Morgan fingerprint density at radius 1 is 1.06 bits per heavy atom. The summed E-state index contributed by atoms with van der Waals surface area (Å²) in [6.07, 6.45) is 4.78. The van der Waals surface area contributed by atoms with Gasteiger partial charge in [0.2, 0.25) is 11.9 Å². The lowest BCUT2D eigenvalue weighted by atomic mass is 10.2. The quantitative estimate of drug-likeness (QED) is 0.401. The third-order valence-electron chi connectivity index (χ3n) is 6.08. The van der Waals surface area contributed by atoms with Gasteiger partial charge in [-0.2, -0.15) is 10.1 Å². The minimum Gasteiger partial charge on any atom is -0.369 e. The monoisotopic (exact) mass is 468 g/mol. The molecule has 0 atom stereocenters. The van der Waals surface area contributed by atoms with Gasteiger partial charge >= 0.3 is 0 Å². The number of carbonyl (C=O) groups excluding carboxylic acids is 1. The number of piperazine rings is 1. The van der Waals surface area contributed by atoms with Crippen molar-refractivity contribution < 1.29 is 4.79 Å². The summed E-state index contributed by atoms with van der Waals surface area (Å²) in [6.45, 7) is 8.24. The van der Waals surface area contributed by atoms with Gasteiger partial charge in [-0.1, -0.05) is 18.7 Å². The summed E-state index contributed by atoms with van der Waals surface area (Å²) in [6, 6.07) is 16.0. The van der Waals surface area contributed by atoms with E-state index in [2.05, 4.69) is 68.4 Å². The molecule has 0 radical (unpaired) electrons. The van der Waals surface area contributed by atoms with Gasteiger partial charge in [-0.05, 0) is 55.1 Å². The van der Waals surface area contributed by atoms with Crippen molar-refractivity contribution in [3.63, 3.8) is 0 Å². The van der Waals surface area contributed by atoms with Crippen molar-refractivity contribution >= 4 is 40.0 Å². The molecule has 1 saturated heterocycles. The minimum atomic E-state index is -0.244. The van der Waals surface area contributed by atoms with Crippen molar-refractivity contribution in [3.8, 4) is 0 Å². The zero-order chi connectivity index (χ0) is 24.2. The first-order valence-electron chi connectivity index (χ1n) is 11.6. The molecule has 35 heavy (non-hydrogen) atoms. The molecule has 0 bridgehead atoms. The van der Waals surface area contributed by atoms with Crippen molar-refractivity contribution in [2.24, 2.45) is 0 Å². The molecule has 1 fully saturated rings. The highest BCUT2D eigenvalue weighted by atomic mass is 16.1. The van der Waals surface area contributed by atoms with Crippen molar-refractivity contribution in [3.05, 3.63) is 79.1 Å². The summed E-state index contributed by atoms with van der Waals surface area (Å²) in [5.41, 5.74) is 4.59. The third-order valence-corrected chi connectivity index (χ3v) is 6.08. The fourth-order valence-corrected chi connectivity index (χ4v) is 4.11. The Hall–Kier alpha value is -4.24. The second kappa shape index (κ2) is 9.94.